The van der Waals surface area contributed by atoms with Crippen LogP contribution in [0, 0.1) is 0 Å². The molecule has 0 spiro atoms. The summed E-state index contributed by atoms with van der Waals surface area (Å²) in [5.41, 5.74) is 0.559. The number of amides is 2. The van der Waals surface area contributed by atoms with Gasteiger partial charge in [0.05, 0.1) is 26.4 Å². The number of carbonyl (C=O) groups is 2. The summed E-state index contributed by atoms with van der Waals surface area (Å²) in [5, 5.41) is 2.86. The number of hydrogen-bond acceptors (Lipinski definition) is 6. The van der Waals surface area contributed by atoms with E-state index in [2.05, 4.69) is 15.2 Å². The number of ether oxygens (including phenoxy) is 2. The van der Waals surface area contributed by atoms with Crippen LogP contribution in [-0.2, 0) is 9.47 Å². The second-order valence-electron chi connectivity index (χ2n) is 6.02. The van der Waals surface area contributed by atoms with Crippen molar-refractivity contribution < 1.29 is 19.1 Å². The quantitative estimate of drug-likeness (QED) is 0.781. The standard InChI is InChI=1S/C17H24N4O4/c22-16(18-4-5-20-6-10-24-11-7-20)14-2-1-3-15(19-14)17(23)21-8-12-25-13-9-21/h1-3H,4-13H2,(H,18,22). The fourth-order valence-electron chi connectivity index (χ4n) is 2.85. The molecule has 0 unspecified atom stereocenters. The summed E-state index contributed by atoms with van der Waals surface area (Å²) in [5.74, 6) is -0.420. The van der Waals surface area contributed by atoms with Crippen LogP contribution < -0.4 is 5.32 Å². The highest BCUT2D eigenvalue weighted by Gasteiger charge is 2.20. The van der Waals surface area contributed by atoms with E-state index in [1.165, 1.54) is 0 Å². The van der Waals surface area contributed by atoms with Gasteiger partial charge in [-0.2, -0.15) is 0 Å². The van der Waals surface area contributed by atoms with Gasteiger partial charge in [-0.1, -0.05) is 6.07 Å². The van der Waals surface area contributed by atoms with E-state index in [-0.39, 0.29) is 17.5 Å². The summed E-state index contributed by atoms with van der Waals surface area (Å²) in [4.78, 5) is 32.9. The number of morpholine rings is 2. The number of hydrogen-bond donors (Lipinski definition) is 1. The molecule has 0 bridgehead atoms. The van der Waals surface area contributed by atoms with E-state index in [1.807, 2.05) is 0 Å². The summed E-state index contributed by atoms with van der Waals surface area (Å²) >= 11 is 0. The molecule has 0 radical (unpaired) electrons. The van der Waals surface area contributed by atoms with Crippen molar-refractivity contribution in [2.75, 3.05) is 65.7 Å². The number of pyridine rings is 1. The lowest BCUT2D eigenvalue weighted by molar-refractivity contribution is 0.0299. The van der Waals surface area contributed by atoms with Crippen LogP contribution in [0.3, 0.4) is 0 Å². The second kappa shape index (κ2) is 8.89. The Kier molecular flexibility index (Phi) is 6.32. The highest BCUT2D eigenvalue weighted by atomic mass is 16.5. The minimum Gasteiger partial charge on any atom is -0.379 e. The molecule has 8 nitrogen and oxygen atoms in total. The third-order valence-corrected chi connectivity index (χ3v) is 4.32. The SMILES string of the molecule is O=C(NCCN1CCOCC1)c1cccc(C(=O)N2CCOCC2)n1. The second-order valence-corrected chi connectivity index (χ2v) is 6.02. The predicted octanol–water partition coefficient (Wildman–Crippen LogP) is -0.384. The van der Waals surface area contributed by atoms with Gasteiger partial charge in [-0.15, -0.1) is 0 Å². The Balaban J connectivity index is 1.52. The van der Waals surface area contributed by atoms with E-state index in [9.17, 15) is 9.59 Å². The van der Waals surface area contributed by atoms with E-state index < -0.39 is 0 Å². The molecule has 25 heavy (non-hydrogen) atoms. The van der Waals surface area contributed by atoms with Crippen molar-refractivity contribution in [1.82, 2.24) is 20.1 Å². The van der Waals surface area contributed by atoms with Gasteiger partial charge >= 0.3 is 0 Å². The van der Waals surface area contributed by atoms with Crippen LogP contribution >= 0.6 is 0 Å². The van der Waals surface area contributed by atoms with Crippen molar-refractivity contribution in [3.63, 3.8) is 0 Å². The molecule has 1 aromatic heterocycles. The third-order valence-electron chi connectivity index (χ3n) is 4.32. The fourth-order valence-corrected chi connectivity index (χ4v) is 2.85. The van der Waals surface area contributed by atoms with Crippen LogP contribution in [0.4, 0.5) is 0 Å². The van der Waals surface area contributed by atoms with Gasteiger partial charge in [0, 0.05) is 39.3 Å². The third kappa shape index (κ3) is 4.97. The molecular formula is C17H24N4O4. The van der Waals surface area contributed by atoms with Crippen LogP contribution in [0.1, 0.15) is 21.0 Å². The smallest absolute Gasteiger partial charge is 0.272 e. The highest BCUT2D eigenvalue weighted by Crippen LogP contribution is 2.07. The Morgan fingerprint density at radius 3 is 2.36 bits per heavy atom. The topological polar surface area (TPSA) is 84.0 Å². The van der Waals surface area contributed by atoms with Gasteiger partial charge in [-0.3, -0.25) is 14.5 Å². The summed E-state index contributed by atoms with van der Waals surface area (Å²) < 4.78 is 10.6. The fraction of sp³-hybridized carbons (Fsp3) is 0.588. The molecule has 8 heteroatoms. The van der Waals surface area contributed by atoms with Gasteiger partial charge in [-0.05, 0) is 12.1 Å². The number of aromatic nitrogens is 1. The molecule has 2 aliphatic rings. The lowest BCUT2D eigenvalue weighted by Gasteiger charge is -2.26. The van der Waals surface area contributed by atoms with Crippen molar-refractivity contribution in [2.24, 2.45) is 0 Å². The average molecular weight is 348 g/mol. The molecule has 1 N–H and O–H groups in total. The summed E-state index contributed by atoms with van der Waals surface area (Å²) in [6.07, 6.45) is 0. The maximum atomic E-state index is 12.5. The molecular weight excluding hydrogens is 324 g/mol. The molecule has 2 saturated heterocycles. The van der Waals surface area contributed by atoms with E-state index in [4.69, 9.17) is 9.47 Å². The van der Waals surface area contributed by atoms with Gasteiger partial charge in [0.1, 0.15) is 11.4 Å². The van der Waals surface area contributed by atoms with Gasteiger partial charge in [-0.25, -0.2) is 4.98 Å². The first-order chi connectivity index (χ1) is 12.2. The molecule has 2 amide bonds. The number of rotatable bonds is 5. The molecule has 3 heterocycles. The first-order valence-corrected chi connectivity index (χ1v) is 8.66. The molecule has 3 rings (SSSR count). The minimum atomic E-state index is -0.259. The maximum Gasteiger partial charge on any atom is 0.272 e. The molecule has 0 aromatic carbocycles. The van der Waals surface area contributed by atoms with Crippen LogP contribution in [0.5, 0.6) is 0 Å². The normalized spacial score (nSPS) is 18.8. The summed E-state index contributed by atoms with van der Waals surface area (Å²) in [6, 6.07) is 4.96. The van der Waals surface area contributed by atoms with Crippen LogP contribution in [0.2, 0.25) is 0 Å². The number of nitrogens with zero attached hydrogens (tertiary/aromatic N) is 3. The minimum absolute atomic E-state index is 0.161. The predicted molar refractivity (Wildman–Crippen MR) is 90.6 cm³/mol. The number of nitrogens with one attached hydrogen (secondary N) is 1. The van der Waals surface area contributed by atoms with Gasteiger partial charge < -0.3 is 19.7 Å². The maximum absolute atomic E-state index is 12.5. The van der Waals surface area contributed by atoms with E-state index >= 15 is 0 Å². The molecule has 2 fully saturated rings. The molecule has 0 atom stereocenters. The van der Waals surface area contributed by atoms with E-state index in [1.54, 1.807) is 23.1 Å². The van der Waals surface area contributed by atoms with Crippen LogP contribution in [-0.4, -0.2) is 92.3 Å². The van der Waals surface area contributed by atoms with E-state index in [0.29, 0.717) is 38.5 Å². The average Bonchev–Trinajstić information content (AvgIpc) is 2.69. The molecule has 0 aliphatic carbocycles. The summed E-state index contributed by atoms with van der Waals surface area (Å²) in [6.45, 7) is 6.75. The largest absolute Gasteiger partial charge is 0.379 e. The lowest BCUT2D eigenvalue weighted by atomic mass is 10.2. The Morgan fingerprint density at radius 1 is 1.00 bits per heavy atom. The zero-order valence-corrected chi connectivity index (χ0v) is 14.3. The van der Waals surface area contributed by atoms with Crippen molar-refractivity contribution in [1.29, 1.82) is 0 Å². The van der Waals surface area contributed by atoms with Gasteiger partial charge in [0.15, 0.2) is 0 Å². The monoisotopic (exact) mass is 348 g/mol. The molecule has 136 valence electrons. The van der Waals surface area contributed by atoms with E-state index in [0.717, 1.165) is 32.8 Å². The highest BCUT2D eigenvalue weighted by molar-refractivity contribution is 5.96. The first-order valence-electron chi connectivity index (χ1n) is 8.66. The Labute approximate surface area is 147 Å². The van der Waals surface area contributed by atoms with Crippen LogP contribution in [0.15, 0.2) is 18.2 Å². The zero-order valence-electron chi connectivity index (χ0n) is 14.3. The van der Waals surface area contributed by atoms with Crippen molar-refractivity contribution in [2.45, 2.75) is 0 Å². The van der Waals surface area contributed by atoms with Gasteiger partial charge in [0.2, 0.25) is 0 Å². The van der Waals surface area contributed by atoms with Crippen LogP contribution in [0.25, 0.3) is 0 Å². The van der Waals surface area contributed by atoms with Crippen molar-refractivity contribution in [3.05, 3.63) is 29.6 Å². The Hall–Kier alpha value is -2.03. The summed E-state index contributed by atoms with van der Waals surface area (Å²) in [7, 11) is 0. The number of carbonyl (C=O) groups excluding carboxylic acids is 2. The first kappa shape index (κ1) is 17.8. The van der Waals surface area contributed by atoms with Gasteiger partial charge in [0.25, 0.3) is 11.8 Å². The Morgan fingerprint density at radius 2 is 1.64 bits per heavy atom. The van der Waals surface area contributed by atoms with Crippen molar-refractivity contribution in [3.8, 4) is 0 Å². The molecule has 2 aliphatic heterocycles. The molecule has 1 aromatic rings. The van der Waals surface area contributed by atoms with Crippen molar-refractivity contribution >= 4 is 11.8 Å². The molecule has 0 saturated carbocycles. The Bertz CT molecular complexity index is 598. The lowest BCUT2D eigenvalue weighted by Crippen LogP contribution is -2.42. The zero-order chi connectivity index (χ0) is 17.5.